The molecule has 1 aliphatic rings. The lowest BCUT2D eigenvalue weighted by molar-refractivity contribution is 0.0911. The van der Waals surface area contributed by atoms with Gasteiger partial charge in [0.2, 0.25) is 5.95 Å². The topological polar surface area (TPSA) is 76.1 Å². The molecular weight excluding hydrogens is 388 g/mol. The van der Waals surface area contributed by atoms with Crippen LogP contribution in [-0.2, 0) is 6.42 Å². The summed E-state index contributed by atoms with van der Waals surface area (Å²) in [6, 6.07) is 15.7. The van der Waals surface area contributed by atoms with Gasteiger partial charge in [0.15, 0.2) is 5.78 Å². The SMILES string of the molecule is CCOc1ccc(Nc2nc(Nc3cccc(C)c3)nc3c2C(=O)CC(C)(C)C3)cc1. The Balaban J connectivity index is 1.72. The minimum Gasteiger partial charge on any atom is -0.494 e. The van der Waals surface area contributed by atoms with E-state index in [9.17, 15) is 4.79 Å². The van der Waals surface area contributed by atoms with E-state index in [1.54, 1.807) is 0 Å². The highest BCUT2D eigenvalue weighted by Crippen LogP contribution is 2.38. The van der Waals surface area contributed by atoms with Crippen LogP contribution in [0.15, 0.2) is 48.5 Å². The van der Waals surface area contributed by atoms with Gasteiger partial charge in [0, 0.05) is 17.8 Å². The molecule has 6 nitrogen and oxygen atoms in total. The Morgan fingerprint density at radius 1 is 1.00 bits per heavy atom. The molecule has 4 rings (SSSR count). The number of hydrogen-bond donors (Lipinski definition) is 2. The zero-order valence-corrected chi connectivity index (χ0v) is 18.5. The highest BCUT2D eigenvalue weighted by atomic mass is 16.5. The third-order valence-corrected chi connectivity index (χ3v) is 5.25. The van der Waals surface area contributed by atoms with Crippen LogP contribution in [0, 0.1) is 12.3 Å². The largest absolute Gasteiger partial charge is 0.494 e. The smallest absolute Gasteiger partial charge is 0.229 e. The van der Waals surface area contributed by atoms with Gasteiger partial charge in [0.25, 0.3) is 0 Å². The van der Waals surface area contributed by atoms with Gasteiger partial charge in [-0.25, -0.2) is 4.98 Å². The Morgan fingerprint density at radius 3 is 2.48 bits per heavy atom. The molecule has 6 heteroatoms. The van der Waals surface area contributed by atoms with Crippen LogP contribution in [0.3, 0.4) is 0 Å². The quantitative estimate of drug-likeness (QED) is 0.527. The van der Waals surface area contributed by atoms with Crippen LogP contribution in [0.2, 0.25) is 0 Å². The second kappa shape index (κ2) is 8.38. The first-order valence-corrected chi connectivity index (χ1v) is 10.6. The second-order valence-electron chi connectivity index (χ2n) is 8.74. The van der Waals surface area contributed by atoms with Crippen LogP contribution >= 0.6 is 0 Å². The number of Topliss-reactive ketones (excluding diaryl/α,β-unsaturated/α-hetero) is 1. The first kappa shape index (κ1) is 20.8. The van der Waals surface area contributed by atoms with Crippen molar-refractivity contribution in [3.05, 3.63) is 65.4 Å². The summed E-state index contributed by atoms with van der Waals surface area (Å²) in [6.45, 7) is 8.81. The van der Waals surface area contributed by atoms with Crippen LogP contribution in [0.25, 0.3) is 0 Å². The summed E-state index contributed by atoms with van der Waals surface area (Å²) >= 11 is 0. The van der Waals surface area contributed by atoms with E-state index in [-0.39, 0.29) is 11.2 Å². The summed E-state index contributed by atoms with van der Waals surface area (Å²) in [6.07, 6.45) is 1.20. The van der Waals surface area contributed by atoms with E-state index in [1.807, 2.05) is 62.4 Å². The first-order valence-electron chi connectivity index (χ1n) is 10.6. The van der Waals surface area contributed by atoms with Gasteiger partial charge >= 0.3 is 0 Å². The second-order valence-corrected chi connectivity index (χ2v) is 8.74. The molecule has 1 heterocycles. The van der Waals surface area contributed by atoms with Gasteiger partial charge in [-0.05, 0) is 67.6 Å². The normalized spacial score (nSPS) is 14.6. The highest BCUT2D eigenvalue weighted by Gasteiger charge is 2.35. The average molecular weight is 417 g/mol. The molecule has 2 N–H and O–H groups in total. The Morgan fingerprint density at radius 2 is 1.77 bits per heavy atom. The van der Waals surface area contributed by atoms with E-state index in [1.165, 1.54) is 0 Å². The molecule has 0 saturated heterocycles. The van der Waals surface area contributed by atoms with Crippen molar-refractivity contribution in [3.63, 3.8) is 0 Å². The molecule has 0 aliphatic heterocycles. The van der Waals surface area contributed by atoms with Gasteiger partial charge in [0.1, 0.15) is 11.6 Å². The minimum absolute atomic E-state index is 0.0711. The molecular formula is C25H28N4O2. The minimum atomic E-state index is -0.130. The molecule has 1 aromatic heterocycles. The molecule has 0 unspecified atom stereocenters. The lowest BCUT2D eigenvalue weighted by Gasteiger charge is -2.30. The number of ketones is 1. The van der Waals surface area contributed by atoms with Crippen molar-refractivity contribution in [3.8, 4) is 5.75 Å². The van der Waals surface area contributed by atoms with Gasteiger partial charge in [-0.2, -0.15) is 4.98 Å². The summed E-state index contributed by atoms with van der Waals surface area (Å²) < 4.78 is 5.52. The lowest BCUT2D eigenvalue weighted by Crippen LogP contribution is -2.29. The fourth-order valence-corrected chi connectivity index (χ4v) is 3.90. The van der Waals surface area contributed by atoms with E-state index in [0.29, 0.717) is 30.4 Å². The number of carbonyl (C=O) groups excluding carboxylic acids is 1. The highest BCUT2D eigenvalue weighted by molar-refractivity contribution is 6.03. The van der Waals surface area contributed by atoms with Crippen molar-refractivity contribution in [1.29, 1.82) is 0 Å². The van der Waals surface area contributed by atoms with Gasteiger partial charge in [-0.1, -0.05) is 26.0 Å². The van der Waals surface area contributed by atoms with Crippen molar-refractivity contribution in [1.82, 2.24) is 9.97 Å². The summed E-state index contributed by atoms with van der Waals surface area (Å²) in [7, 11) is 0. The van der Waals surface area contributed by atoms with Crippen LogP contribution in [0.4, 0.5) is 23.1 Å². The number of benzene rings is 2. The van der Waals surface area contributed by atoms with E-state index in [2.05, 4.69) is 29.5 Å². The van der Waals surface area contributed by atoms with Gasteiger partial charge in [-0.3, -0.25) is 4.79 Å². The number of carbonyl (C=O) groups is 1. The third-order valence-electron chi connectivity index (χ3n) is 5.25. The zero-order valence-electron chi connectivity index (χ0n) is 18.5. The number of rotatable bonds is 6. The van der Waals surface area contributed by atoms with E-state index in [4.69, 9.17) is 9.72 Å². The van der Waals surface area contributed by atoms with Gasteiger partial charge in [-0.15, -0.1) is 0 Å². The average Bonchev–Trinajstić information content (AvgIpc) is 2.68. The molecule has 0 spiro atoms. The van der Waals surface area contributed by atoms with Crippen LogP contribution in [0.5, 0.6) is 5.75 Å². The molecule has 0 atom stereocenters. The lowest BCUT2D eigenvalue weighted by atomic mass is 9.75. The maximum absolute atomic E-state index is 13.0. The number of aromatic nitrogens is 2. The fraction of sp³-hybridized carbons (Fsp3) is 0.320. The molecule has 0 fully saturated rings. The predicted molar refractivity (Wildman–Crippen MR) is 124 cm³/mol. The van der Waals surface area contributed by atoms with Gasteiger partial charge < -0.3 is 15.4 Å². The maximum atomic E-state index is 13.0. The number of aryl methyl sites for hydroxylation is 1. The van der Waals surface area contributed by atoms with Crippen molar-refractivity contribution < 1.29 is 9.53 Å². The van der Waals surface area contributed by atoms with Crippen molar-refractivity contribution in [2.24, 2.45) is 5.41 Å². The van der Waals surface area contributed by atoms with Crippen molar-refractivity contribution in [2.45, 2.75) is 40.5 Å². The zero-order chi connectivity index (χ0) is 22.0. The first-order chi connectivity index (χ1) is 14.8. The van der Waals surface area contributed by atoms with Crippen molar-refractivity contribution in [2.75, 3.05) is 17.2 Å². The standard InChI is InChI=1S/C25H28N4O2/c1-5-31-19-11-9-17(10-12-19)26-23-22-20(14-25(3,4)15-21(22)30)28-24(29-23)27-18-8-6-7-16(2)13-18/h6-13H,5,14-15H2,1-4H3,(H2,26,27,28,29). The monoisotopic (exact) mass is 416 g/mol. The van der Waals surface area contributed by atoms with Crippen molar-refractivity contribution >= 4 is 28.9 Å². The maximum Gasteiger partial charge on any atom is 0.229 e. The number of ether oxygens (including phenoxy) is 1. The Labute approximate surface area is 183 Å². The Hall–Kier alpha value is -3.41. The fourth-order valence-electron chi connectivity index (χ4n) is 3.90. The number of nitrogens with one attached hydrogen (secondary N) is 2. The predicted octanol–water partition coefficient (Wildman–Crippen LogP) is 5.83. The van der Waals surface area contributed by atoms with E-state index < -0.39 is 0 Å². The number of nitrogens with zero attached hydrogens (tertiary/aromatic N) is 2. The molecule has 1 aliphatic carbocycles. The Bertz CT molecular complexity index is 1110. The third kappa shape index (κ3) is 4.85. The van der Waals surface area contributed by atoms with Gasteiger partial charge in [0.05, 0.1) is 17.9 Å². The number of fused-ring (bicyclic) bond motifs is 1. The molecule has 160 valence electrons. The summed E-state index contributed by atoms with van der Waals surface area (Å²) in [5, 5.41) is 6.62. The molecule has 0 radical (unpaired) electrons. The molecule has 0 saturated carbocycles. The van der Waals surface area contributed by atoms with E-state index >= 15 is 0 Å². The molecule has 3 aromatic rings. The summed E-state index contributed by atoms with van der Waals surface area (Å²) in [5.74, 6) is 1.88. The molecule has 31 heavy (non-hydrogen) atoms. The number of anilines is 4. The summed E-state index contributed by atoms with van der Waals surface area (Å²) in [4.78, 5) is 22.4. The molecule has 0 bridgehead atoms. The van der Waals surface area contributed by atoms with Crippen LogP contribution < -0.4 is 15.4 Å². The molecule has 2 aromatic carbocycles. The van der Waals surface area contributed by atoms with E-state index in [0.717, 1.165) is 34.8 Å². The van der Waals surface area contributed by atoms with Crippen LogP contribution in [0.1, 0.15) is 48.8 Å². The van der Waals surface area contributed by atoms with Crippen LogP contribution in [-0.4, -0.2) is 22.4 Å². The number of hydrogen-bond acceptors (Lipinski definition) is 6. The molecule has 0 amide bonds. The Kier molecular flexibility index (Phi) is 5.63. The summed E-state index contributed by atoms with van der Waals surface area (Å²) in [5.41, 5.74) is 4.13.